The van der Waals surface area contributed by atoms with Gasteiger partial charge in [-0.3, -0.25) is 5.01 Å². The molecule has 0 spiro atoms. The average molecular weight is 494 g/mol. The molecule has 0 fully saturated rings. The summed E-state index contributed by atoms with van der Waals surface area (Å²) >= 11 is 6.23. The van der Waals surface area contributed by atoms with Gasteiger partial charge in [0.15, 0.2) is 0 Å². The van der Waals surface area contributed by atoms with E-state index in [1.54, 1.807) is 24.3 Å². The van der Waals surface area contributed by atoms with Gasteiger partial charge >= 0.3 is 12.1 Å². The summed E-state index contributed by atoms with van der Waals surface area (Å²) in [5.74, 6) is -5.05. The minimum absolute atomic E-state index is 0.199. The Balaban J connectivity index is 1.68. The number of anilines is 2. The SMILES string of the molecule is CN(C)c1ccc(-c2ccc(C3CC(C(F)(F)C(F)(F)F)=NN3c3ccccc3Cl)cc2)cc1. The van der Waals surface area contributed by atoms with Crippen LogP contribution in [0.15, 0.2) is 77.9 Å². The molecule has 0 saturated carbocycles. The number of para-hydroxylation sites is 1. The van der Waals surface area contributed by atoms with Crippen molar-refractivity contribution in [1.82, 2.24) is 0 Å². The second-order valence-electron chi connectivity index (χ2n) is 8.20. The van der Waals surface area contributed by atoms with Gasteiger partial charge < -0.3 is 4.90 Å². The van der Waals surface area contributed by atoms with E-state index in [2.05, 4.69) is 5.10 Å². The van der Waals surface area contributed by atoms with E-state index in [1.807, 2.05) is 55.4 Å². The third kappa shape index (κ3) is 4.46. The molecule has 178 valence electrons. The average Bonchev–Trinajstić information content (AvgIpc) is 3.25. The summed E-state index contributed by atoms with van der Waals surface area (Å²) in [5.41, 5.74) is 2.44. The van der Waals surface area contributed by atoms with Gasteiger partial charge in [0.05, 0.1) is 16.8 Å². The molecular weight excluding hydrogens is 473 g/mol. The topological polar surface area (TPSA) is 18.8 Å². The summed E-state index contributed by atoms with van der Waals surface area (Å²) in [7, 11) is 3.88. The lowest BCUT2D eigenvalue weighted by atomic mass is 9.96. The predicted octanol–water partition coefficient (Wildman–Crippen LogP) is 7.58. The highest BCUT2D eigenvalue weighted by Crippen LogP contribution is 2.45. The Morgan fingerprint density at radius 3 is 1.94 bits per heavy atom. The molecule has 4 rings (SSSR count). The molecule has 1 aliphatic rings. The lowest BCUT2D eigenvalue weighted by Gasteiger charge is -2.25. The van der Waals surface area contributed by atoms with E-state index in [4.69, 9.17) is 11.6 Å². The Kier molecular flexibility index (Phi) is 6.29. The number of nitrogens with zero attached hydrogens (tertiary/aromatic N) is 3. The maximum Gasteiger partial charge on any atom is 0.459 e. The fourth-order valence-electron chi connectivity index (χ4n) is 3.83. The molecule has 1 aliphatic heterocycles. The van der Waals surface area contributed by atoms with E-state index in [9.17, 15) is 22.0 Å². The zero-order valence-corrected chi connectivity index (χ0v) is 19.1. The third-order valence-corrected chi connectivity index (χ3v) is 6.06. The van der Waals surface area contributed by atoms with Gasteiger partial charge in [-0.1, -0.05) is 60.1 Å². The van der Waals surface area contributed by atoms with Crippen LogP contribution in [0, 0.1) is 0 Å². The summed E-state index contributed by atoms with van der Waals surface area (Å²) in [6, 6.07) is 20.4. The first kappa shape index (κ1) is 24.0. The van der Waals surface area contributed by atoms with Gasteiger partial charge in [-0.15, -0.1) is 0 Å². The van der Waals surface area contributed by atoms with Crippen molar-refractivity contribution in [2.45, 2.75) is 24.6 Å². The molecular formula is C25H21ClF5N3. The Hall–Kier alpha value is -3.13. The van der Waals surface area contributed by atoms with Crippen LogP contribution < -0.4 is 9.91 Å². The van der Waals surface area contributed by atoms with E-state index in [-0.39, 0.29) is 10.7 Å². The van der Waals surface area contributed by atoms with Crippen molar-refractivity contribution in [3.63, 3.8) is 0 Å². The molecule has 0 bridgehead atoms. The minimum Gasteiger partial charge on any atom is -0.378 e. The molecule has 0 radical (unpaired) electrons. The van der Waals surface area contributed by atoms with Crippen LogP contribution in [-0.2, 0) is 0 Å². The molecule has 0 amide bonds. The molecule has 3 aromatic carbocycles. The molecule has 1 atom stereocenters. The van der Waals surface area contributed by atoms with Gasteiger partial charge in [-0.05, 0) is 41.0 Å². The molecule has 3 nitrogen and oxygen atoms in total. The van der Waals surface area contributed by atoms with Crippen molar-refractivity contribution in [1.29, 1.82) is 0 Å². The number of hydrogen-bond acceptors (Lipinski definition) is 3. The molecule has 0 aliphatic carbocycles. The maximum absolute atomic E-state index is 14.2. The Bertz CT molecular complexity index is 1190. The quantitative estimate of drug-likeness (QED) is 0.341. The van der Waals surface area contributed by atoms with Crippen LogP contribution in [0.5, 0.6) is 0 Å². The Labute approximate surface area is 199 Å². The lowest BCUT2D eigenvalue weighted by molar-refractivity contribution is -0.249. The summed E-state index contributed by atoms with van der Waals surface area (Å²) in [5, 5.41) is 5.06. The minimum atomic E-state index is -5.74. The Morgan fingerprint density at radius 2 is 1.41 bits per heavy atom. The molecule has 1 unspecified atom stereocenters. The van der Waals surface area contributed by atoms with E-state index in [0.29, 0.717) is 5.56 Å². The molecule has 0 N–H and O–H groups in total. The first-order valence-electron chi connectivity index (χ1n) is 10.4. The van der Waals surface area contributed by atoms with Gasteiger partial charge in [0.25, 0.3) is 0 Å². The summed E-state index contributed by atoms with van der Waals surface area (Å²) in [4.78, 5) is 1.98. The predicted molar refractivity (Wildman–Crippen MR) is 126 cm³/mol. The highest BCUT2D eigenvalue weighted by Gasteiger charge is 2.62. The van der Waals surface area contributed by atoms with Gasteiger partial charge in [0, 0.05) is 26.2 Å². The van der Waals surface area contributed by atoms with Crippen LogP contribution in [0.4, 0.5) is 33.3 Å². The fraction of sp³-hybridized carbons (Fsp3) is 0.240. The fourth-order valence-corrected chi connectivity index (χ4v) is 4.06. The van der Waals surface area contributed by atoms with E-state index >= 15 is 0 Å². The number of alkyl halides is 5. The number of hydrogen-bond donors (Lipinski definition) is 0. The van der Waals surface area contributed by atoms with E-state index in [1.165, 1.54) is 12.1 Å². The normalized spacial score (nSPS) is 16.5. The van der Waals surface area contributed by atoms with Crippen molar-refractivity contribution < 1.29 is 22.0 Å². The zero-order chi connectivity index (χ0) is 24.7. The molecule has 0 saturated heterocycles. The van der Waals surface area contributed by atoms with Crippen LogP contribution >= 0.6 is 11.6 Å². The highest BCUT2D eigenvalue weighted by atomic mass is 35.5. The smallest absolute Gasteiger partial charge is 0.378 e. The molecule has 3 aromatic rings. The van der Waals surface area contributed by atoms with Crippen molar-refractivity contribution >= 4 is 28.7 Å². The number of rotatable bonds is 5. The molecule has 0 aromatic heterocycles. The van der Waals surface area contributed by atoms with Gasteiger partial charge in [0.2, 0.25) is 0 Å². The van der Waals surface area contributed by atoms with Crippen LogP contribution in [0.25, 0.3) is 11.1 Å². The van der Waals surface area contributed by atoms with Crippen molar-refractivity contribution in [2.24, 2.45) is 5.10 Å². The van der Waals surface area contributed by atoms with Gasteiger partial charge in [-0.2, -0.15) is 27.1 Å². The van der Waals surface area contributed by atoms with Crippen LogP contribution in [0.3, 0.4) is 0 Å². The van der Waals surface area contributed by atoms with Crippen molar-refractivity contribution in [3.8, 4) is 11.1 Å². The van der Waals surface area contributed by atoms with Crippen LogP contribution in [0.2, 0.25) is 5.02 Å². The first-order valence-corrected chi connectivity index (χ1v) is 10.8. The monoisotopic (exact) mass is 493 g/mol. The first-order chi connectivity index (χ1) is 16.0. The largest absolute Gasteiger partial charge is 0.459 e. The summed E-state index contributed by atoms with van der Waals surface area (Å²) in [6.45, 7) is 0. The van der Waals surface area contributed by atoms with Crippen LogP contribution in [-0.4, -0.2) is 31.9 Å². The second kappa shape index (κ2) is 8.91. The molecule has 9 heteroatoms. The summed E-state index contributed by atoms with van der Waals surface area (Å²) in [6.07, 6.45) is -6.33. The van der Waals surface area contributed by atoms with Crippen LogP contribution in [0.1, 0.15) is 18.0 Å². The standard InChI is InChI=1S/C25H21ClF5N3/c1-33(2)19-13-11-17(12-14-19)16-7-9-18(10-8-16)22-15-23(24(27,28)25(29,30)31)32-34(22)21-6-4-3-5-20(21)26/h3-14,22H,15H2,1-2H3. The van der Waals surface area contributed by atoms with Gasteiger partial charge in [-0.25, -0.2) is 0 Å². The number of halogens is 6. The zero-order valence-electron chi connectivity index (χ0n) is 18.3. The number of hydrazone groups is 1. The van der Waals surface area contributed by atoms with Crippen molar-refractivity contribution in [2.75, 3.05) is 24.0 Å². The van der Waals surface area contributed by atoms with E-state index < -0.39 is 30.3 Å². The second-order valence-corrected chi connectivity index (χ2v) is 8.61. The highest BCUT2D eigenvalue weighted by molar-refractivity contribution is 6.33. The van der Waals surface area contributed by atoms with E-state index in [0.717, 1.165) is 21.8 Å². The van der Waals surface area contributed by atoms with Gasteiger partial charge in [0.1, 0.15) is 5.71 Å². The molecule has 34 heavy (non-hydrogen) atoms. The molecule has 1 heterocycles. The van der Waals surface area contributed by atoms with Crippen molar-refractivity contribution in [3.05, 3.63) is 83.4 Å². The maximum atomic E-state index is 14.2. The summed E-state index contributed by atoms with van der Waals surface area (Å²) < 4.78 is 67.5. The Morgan fingerprint density at radius 1 is 0.853 bits per heavy atom. The lowest BCUT2D eigenvalue weighted by Crippen LogP contribution is -2.43. The third-order valence-electron chi connectivity index (χ3n) is 5.74. The number of benzene rings is 3.